The zero-order valence-electron chi connectivity index (χ0n) is 14.9. The lowest BCUT2D eigenvalue weighted by Gasteiger charge is -2.14. The molecule has 26 heavy (non-hydrogen) atoms. The summed E-state index contributed by atoms with van der Waals surface area (Å²) >= 11 is 0. The Morgan fingerprint density at radius 2 is 1.88 bits per heavy atom. The molecule has 0 aliphatic carbocycles. The van der Waals surface area contributed by atoms with Gasteiger partial charge in [0.1, 0.15) is 17.3 Å². The highest BCUT2D eigenvalue weighted by atomic mass is 19.1. The maximum absolute atomic E-state index is 14.2. The lowest BCUT2D eigenvalue weighted by atomic mass is 10.1. The number of ether oxygens (including phenoxy) is 1. The van der Waals surface area contributed by atoms with Crippen LogP contribution in [0.25, 0.3) is 16.9 Å². The zero-order valence-corrected chi connectivity index (χ0v) is 14.9. The third kappa shape index (κ3) is 3.92. The topological polar surface area (TPSA) is 50.5 Å². The van der Waals surface area contributed by atoms with Crippen LogP contribution in [0.1, 0.15) is 5.56 Å². The van der Waals surface area contributed by atoms with Crippen LogP contribution in [0, 0.1) is 5.82 Å². The van der Waals surface area contributed by atoms with Crippen LogP contribution in [0.2, 0.25) is 0 Å². The fourth-order valence-corrected chi connectivity index (χ4v) is 2.82. The number of aliphatic hydroxyl groups is 1. The van der Waals surface area contributed by atoms with Gasteiger partial charge in [-0.15, -0.1) is 0 Å². The van der Waals surface area contributed by atoms with Gasteiger partial charge < -0.3 is 9.84 Å². The number of para-hydroxylation sites is 1. The maximum Gasteiger partial charge on any atom is 0.148 e. The molecule has 2 aromatic carbocycles. The first-order chi connectivity index (χ1) is 12.6. The molecule has 0 bridgehead atoms. The molecule has 0 fully saturated rings. The third-order valence-electron chi connectivity index (χ3n) is 4.17. The van der Waals surface area contributed by atoms with Gasteiger partial charge in [-0.2, -0.15) is 5.10 Å². The van der Waals surface area contributed by atoms with Crippen LogP contribution in [0.4, 0.5) is 4.39 Å². The Balaban J connectivity index is 2.03. The molecule has 3 rings (SSSR count). The van der Waals surface area contributed by atoms with Crippen LogP contribution < -0.4 is 4.74 Å². The first-order valence-electron chi connectivity index (χ1n) is 8.39. The van der Waals surface area contributed by atoms with Gasteiger partial charge in [-0.3, -0.25) is 4.90 Å². The minimum atomic E-state index is -0.327. The molecule has 3 aromatic rings. The van der Waals surface area contributed by atoms with E-state index in [1.54, 1.807) is 30.0 Å². The highest BCUT2D eigenvalue weighted by Crippen LogP contribution is 2.27. The number of likely N-dealkylation sites (N-methyl/N-ethyl adjacent to an activating group) is 1. The van der Waals surface area contributed by atoms with Gasteiger partial charge in [-0.1, -0.05) is 12.1 Å². The summed E-state index contributed by atoms with van der Waals surface area (Å²) in [7, 11) is 3.55. The summed E-state index contributed by atoms with van der Waals surface area (Å²) in [6, 6.07) is 14.2. The maximum atomic E-state index is 14.2. The summed E-state index contributed by atoms with van der Waals surface area (Å²) < 4.78 is 21.0. The summed E-state index contributed by atoms with van der Waals surface area (Å²) in [6.45, 7) is 1.22. The molecule has 0 saturated heterocycles. The van der Waals surface area contributed by atoms with E-state index in [9.17, 15) is 4.39 Å². The molecular formula is C20H22FN3O2. The molecule has 0 amide bonds. The molecule has 136 valence electrons. The van der Waals surface area contributed by atoms with E-state index in [4.69, 9.17) is 9.84 Å². The van der Waals surface area contributed by atoms with E-state index in [0.29, 0.717) is 18.8 Å². The Morgan fingerprint density at radius 1 is 1.15 bits per heavy atom. The number of benzene rings is 2. The molecule has 1 aromatic heterocycles. The summed E-state index contributed by atoms with van der Waals surface area (Å²) in [4.78, 5) is 2.00. The molecule has 0 atom stereocenters. The van der Waals surface area contributed by atoms with Crippen molar-refractivity contribution < 1.29 is 14.2 Å². The van der Waals surface area contributed by atoms with Crippen molar-refractivity contribution in [2.45, 2.75) is 6.54 Å². The van der Waals surface area contributed by atoms with Crippen LogP contribution in [-0.2, 0) is 6.54 Å². The molecule has 6 heteroatoms. The Hall–Kier alpha value is -2.70. The highest BCUT2D eigenvalue weighted by Gasteiger charge is 2.15. The van der Waals surface area contributed by atoms with E-state index in [0.717, 1.165) is 22.6 Å². The highest BCUT2D eigenvalue weighted by molar-refractivity contribution is 5.64. The zero-order chi connectivity index (χ0) is 18.5. The predicted octanol–water partition coefficient (Wildman–Crippen LogP) is 3.11. The molecule has 0 radical (unpaired) electrons. The number of aromatic nitrogens is 2. The van der Waals surface area contributed by atoms with Crippen LogP contribution in [0.3, 0.4) is 0 Å². The first kappa shape index (κ1) is 18.1. The molecule has 0 saturated carbocycles. The molecule has 0 unspecified atom stereocenters. The van der Waals surface area contributed by atoms with Crippen molar-refractivity contribution in [2.24, 2.45) is 0 Å². The van der Waals surface area contributed by atoms with Crippen molar-refractivity contribution in [2.75, 3.05) is 27.3 Å². The molecular weight excluding hydrogens is 333 g/mol. The van der Waals surface area contributed by atoms with Crippen molar-refractivity contribution in [1.82, 2.24) is 14.7 Å². The monoisotopic (exact) mass is 355 g/mol. The standard InChI is InChI=1S/C20H22FN3O2/c1-23(11-12-25)13-16-14-24(19-6-4-3-5-18(19)21)22-20(16)15-7-9-17(26-2)10-8-15/h3-10,14,25H,11-13H2,1-2H3. The summed E-state index contributed by atoms with van der Waals surface area (Å²) in [5.41, 5.74) is 3.06. The van der Waals surface area contributed by atoms with E-state index in [-0.39, 0.29) is 12.4 Å². The van der Waals surface area contributed by atoms with Crippen LogP contribution in [0.15, 0.2) is 54.7 Å². The number of halogens is 1. The third-order valence-corrected chi connectivity index (χ3v) is 4.17. The average Bonchev–Trinajstić information content (AvgIpc) is 3.05. The Kier molecular flexibility index (Phi) is 5.65. The number of rotatable bonds is 7. The second-order valence-corrected chi connectivity index (χ2v) is 6.09. The van der Waals surface area contributed by atoms with E-state index < -0.39 is 0 Å². The Morgan fingerprint density at radius 3 is 2.54 bits per heavy atom. The fraction of sp³-hybridized carbons (Fsp3) is 0.250. The van der Waals surface area contributed by atoms with Crippen LogP contribution in [0.5, 0.6) is 5.75 Å². The largest absolute Gasteiger partial charge is 0.497 e. The second-order valence-electron chi connectivity index (χ2n) is 6.09. The number of hydrogen-bond acceptors (Lipinski definition) is 4. The van der Waals surface area contributed by atoms with E-state index in [2.05, 4.69) is 5.10 Å². The predicted molar refractivity (Wildman–Crippen MR) is 98.9 cm³/mol. The lowest BCUT2D eigenvalue weighted by Crippen LogP contribution is -2.21. The average molecular weight is 355 g/mol. The van der Waals surface area contributed by atoms with Gasteiger partial charge in [0, 0.05) is 30.4 Å². The minimum absolute atomic E-state index is 0.0792. The molecule has 0 aliphatic rings. The number of nitrogens with zero attached hydrogens (tertiary/aromatic N) is 3. The fourth-order valence-electron chi connectivity index (χ4n) is 2.82. The van der Waals surface area contributed by atoms with Gasteiger partial charge >= 0.3 is 0 Å². The molecule has 0 spiro atoms. The number of hydrogen-bond donors (Lipinski definition) is 1. The quantitative estimate of drug-likeness (QED) is 0.708. The number of aliphatic hydroxyl groups excluding tert-OH is 1. The molecule has 1 N–H and O–H groups in total. The first-order valence-corrected chi connectivity index (χ1v) is 8.39. The van der Waals surface area contributed by atoms with E-state index in [1.807, 2.05) is 42.4 Å². The number of methoxy groups -OCH3 is 1. The van der Waals surface area contributed by atoms with E-state index in [1.165, 1.54) is 6.07 Å². The Bertz CT molecular complexity index is 862. The van der Waals surface area contributed by atoms with Gasteiger partial charge in [0.05, 0.1) is 19.4 Å². The van der Waals surface area contributed by atoms with Crippen LogP contribution in [-0.4, -0.2) is 47.1 Å². The second kappa shape index (κ2) is 8.12. The molecule has 5 nitrogen and oxygen atoms in total. The van der Waals surface area contributed by atoms with Crippen molar-refractivity contribution in [1.29, 1.82) is 0 Å². The summed E-state index contributed by atoms with van der Waals surface area (Å²) in [5.74, 6) is 0.438. The lowest BCUT2D eigenvalue weighted by molar-refractivity contribution is 0.217. The summed E-state index contributed by atoms with van der Waals surface area (Å²) in [6.07, 6.45) is 1.84. The van der Waals surface area contributed by atoms with E-state index >= 15 is 0 Å². The van der Waals surface area contributed by atoms with Gasteiger partial charge in [-0.25, -0.2) is 9.07 Å². The van der Waals surface area contributed by atoms with Crippen LogP contribution >= 0.6 is 0 Å². The summed E-state index contributed by atoms with van der Waals surface area (Å²) in [5, 5.41) is 13.8. The van der Waals surface area contributed by atoms with Gasteiger partial charge in [-0.05, 0) is 43.4 Å². The van der Waals surface area contributed by atoms with Gasteiger partial charge in [0.2, 0.25) is 0 Å². The van der Waals surface area contributed by atoms with Gasteiger partial charge in [0.15, 0.2) is 0 Å². The van der Waals surface area contributed by atoms with Crippen molar-refractivity contribution >= 4 is 0 Å². The molecule has 1 heterocycles. The minimum Gasteiger partial charge on any atom is -0.497 e. The van der Waals surface area contributed by atoms with Crippen molar-refractivity contribution in [3.63, 3.8) is 0 Å². The normalized spacial score (nSPS) is 11.1. The Labute approximate surface area is 152 Å². The smallest absolute Gasteiger partial charge is 0.148 e. The molecule has 0 aliphatic heterocycles. The van der Waals surface area contributed by atoms with Crippen molar-refractivity contribution in [3.8, 4) is 22.7 Å². The van der Waals surface area contributed by atoms with Gasteiger partial charge in [0.25, 0.3) is 0 Å². The SMILES string of the molecule is COc1ccc(-c2nn(-c3ccccc3F)cc2CN(C)CCO)cc1. The van der Waals surface area contributed by atoms with Crippen molar-refractivity contribution in [3.05, 3.63) is 66.1 Å².